The number of anilines is 2. The summed E-state index contributed by atoms with van der Waals surface area (Å²) in [5, 5.41) is 6.08. The van der Waals surface area contributed by atoms with Gasteiger partial charge in [-0.1, -0.05) is 36.4 Å². The van der Waals surface area contributed by atoms with Gasteiger partial charge in [-0.15, -0.1) is 0 Å². The molecule has 4 aromatic rings. The van der Waals surface area contributed by atoms with Crippen molar-refractivity contribution in [1.82, 2.24) is 15.3 Å². The van der Waals surface area contributed by atoms with Crippen molar-refractivity contribution in [3.8, 4) is 11.5 Å². The van der Waals surface area contributed by atoms with Gasteiger partial charge in [0.2, 0.25) is 0 Å². The van der Waals surface area contributed by atoms with Gasteiger partial charge in [0.15, 0.2) is 5.75 Å². The maximum Gasteiger partial charge on any atom is 0.253 e. The van der Waals surface area contributed by atoms with Crippen molar-refractivity contribution in [1.29, 1.82) is 0 Å². The molecule has 1 amide bonds. The van der Waals surface area contributed by atoms with Crippen LogP contribution in [0.3, 0.4) is 0 Å². The highest BCUT2D eigenvalue weighted by atomic mass is 16.5. The lowest BCUT2D eigenvalue weighted by molar-refractivity contribution is 0.0950. The molecule has 0 unspecified atom stereocenters. The number of nitrogens with one attached hydrogen (secondary N) is 2. The monoisotopic (exact) mass is 396 g/mol. The first-order valence-corrected chi connectivity index (χ1v) is 9.51. The smallest absolute Gasteiger partial charge is 0.253 e. The number of para-hydroxylation sites is 3. The second-order valence-corrected chi connectivity index (χ2v) is 6.47. The van der Waals surface area contributed by atoms with Crippen LogP contribution in [0.1, 0.15) is 16.1 Å². The van der Waals surface area contributed by atoms with Gasteiger partial charge in [-0.25, -0.2) is 4.98 Å². The molecule has 6 nitrogen and oxygen atoms in total. The van der Waals surface area contributed by atoms with Crippen molar-refractivity contribution >= 4 is 17.4 Å². The van der Waals surface area contributed by atoms with Gasteiger partial charge in [0.25, 0.3) is 5.91 Å². The summed E-state index contributed by atoms with van der Waals surface area (Å²) in [5.74, 6) is 1.84. The largest absolute Gasteiger partial charge is 0.455 e. The second kappa shape index (κ2) is 9.34. The molecule has 0 atom stereocenters. The zero-order valence-electron chi connectivity index (χ0n) is 16.2. The van der Waals surface area contributed by atoms with E-state index < -0.39 is 0 Å². The standard InChI is InChI=1S/C24H20N4O2/c29-24(27-17-19-8-6-7-15-25-19)18-13-14-23(26-16-18)28-21-11-4-5-12-22(21)30-20-9-2-1-3-10-20/h1-16H,17H2,(H,26,28)(H,27,29). The Kier molecular flexibility index (Phi) is 5.96. The van der Waals surface area contributed by atoms with Crippen molar-refractivity contribution in [2.45, 2.75) is 6.54 Å². The molecule has 0 saturated carbocycles. The first kappa shape index (κ1) is 19.1. The van der Waals surface area contributed by atoms with Gasteiger partial charge in [0, 0.05) is 12.4 Å². The minimum atomic E-state index is -0.201. The molecule has 0 aliphatic rings. The average Bonchev–Trinajstić information content (AvgIpc) is 2.81. The second-order valence-electron chi connectivity index (χ2n) is 6.47. The predicted octanol–water partition coefficient (Wildman–Crippen LogP) is 4.94. The van der Waals surface area contributed by atoms with Crippen molar-refractivity contribution in [3.63, 3.8) is 0 Å². The number of pyridine rings is 2. The molecule has 2 aromatic carbocycles. The SMILES string of the molecule is O=C(NCc1ccccn1)c1ccc(Nc2ccccc2Oc2ccccc2)nc1. The van der Waals surface area contributed by atoms with Crippen LogP contribution in [-0.4, -0.2) is 15.9 Å². The van der Waals surface area contributed by atoms with E-state index in [1.54, 1.807) is 18.3 Å². The maximum absolute atomic E-state index is 12.3. The molecule has 0 bridgehead atoms. The molecular weight excluding hydrogens is 376 g/mol. The number of ether oxygens (including phenoxy) is 1. The molecule has 30 heavy (non-hydrogen) atoms. The summed E-state index contributed by atoms with van der Waals surface area (Å²) >= 11 is 0. The quantitative estimate of drug-likeness (QED) is 0.463. The van der Waals surface area contributed by atoms with Gasteiger partial charge in [0.05, 0.1) is 23.5 Å². The van der Waals surface area contributed by atoms with Crippen molar-refractivity contribution < 1.29 is 9.53 Å². The van der Waals surface area contributed by atoms with Crippen LogP contribution in [0.2, 0.25) is 0 Å². The van der Waals surface area contributed by atoms with Crippen LogP contribution in [0.15, 0.2) is 97.3 Å². The molecule has 0 aliphatic carbocycles. The normalized spacial score (nSPS) is 10.3. The number of hydrogen-bond acceptors (Lipinski definition) is 5. The number of carbonyl (C=O) groups is 1. The lowest BCUT2D eigenvalue weighted by Gasteiger charge is -2.13. The van der Waals surface area contributed by atoms with E-state index in [4.69, 9.17) is 4.74 Å². The van der Waals surface area contributed by atoms with Crippen LogP contribution >= 0.6 is 0 Å². The topological polar surface area (TPSA) is 76.1 Å². The average molecular weight is 396 g/mol. The van der Waals surface area contributed by atoms with Crippen molar-refractivity contribution in [3.05, 3.63) is 109 Å². The lowest BCUT2D eigenvalue weighted by Crippen LogP contribution is -2.23. The Labute approximate surface area is 174 Å². The zero-order chi connectivity index (χ0) is 20.6. The third-order valence-corrected chi connectivity index (χ3v) is 4.30. The first-order valence-electron chi connectivity index (χ1n) is 9.51. The Bertz CT molecular complexity index is 1100. The summed E-state index contributed by atoms with van der Waals surface area (Å²) in [6, 6.07) is 26.3. The summed E-state index contributed by atoms with van der Waals surface area (Å²) in [6.45, 7) is 0.365. The molecule has 0 aliphatic heterocycles. The molecule has 0 spiro atoms. The van der Waals surface area contributed by atoms with Gasteiger partial charge in [0.1, 0.15) is 11.6 Å². The van der Waals surface area contributed by atoms with Gasteiger partial charge in [-0.2, -0.15) is 0 Å². The van der Waals surface area contributed by atoms with E-state index in [1.807, 2.05) is 72.8 Å². The molecule has 148 valence electrons. The predicted molar refractivity (Wildman–Crippen MR) is 116 cm³/mol. The molecule has 2 aromatic heterocycles. The Morgan fingerprint density at radius 3 is 2.40 bits per heavy atom. The van der Waals surface area contributed by atoms with Gasteiger partial charge < -0.3 is 15.4 Å². The third kappa shape index (κ3) is 4.99. The Hall–Kier alpha value is -4.19. The van der Waals surface area contributed by atoms with Crippen LogP contribution in [0.25, 0.3) is 0 Å². The van der Waals surface area contributed by atoms with Gasteiger partial charge in [-0.3, -0.25) is 9.78 Å². The van der Waals surface area contributed by atoms with Crippen LogP contribution < -0.4 is 15.4 Å². The highest BCUT2D eigenvalue weighted by Gasteiger charge is 2.09. The fraction of sp³-hybridized carbons (Fsp3) is 0.0417. The minimum Gasteiger partial charge on any atom is -0.455 e. The number of nitrogens with zero attached hydrogens (tertiary/aromatic N) is 2. The Morgan fingerprint density at radius 2 is 1.63 bits per heavy atom. The highest BCUT2D eigenvalue weighted by Crippen LogP contribution is 2.30. The first-order chi connectivity index (χ1) is 14.8. The van der Waals surface area contributed by atoms with E-state index in [1.165, 1.54) is 6.20 Å². The summed E-state index contributed by atoms with van der Waals surface area (Å²) in [4.78, 5) is 20.9. The molecule has 0 fully saturated rings. The van der Waals surface area contributed by atoms with Crippen LogP contribution in [-0.2, 0) is 6.54 Å². The number of aromatic nitrogens is 2. The molecule has 0 saturated heterocycles. The molecule has 0 radical (unpaired) electrons. The number of rotatable bonds is 7. The van der Waals surface area contributed by atoms with Crippen LogP contribution in [0.5, 0.6) is 11.5 Å². The van der Waals surface area contributed by atoms with E-state index in [-0.39, 0.29) is 5.91 Å². The molecule has 6 heteroatoms. The van der Waals surface area contributed by atoms with E-state index in [2.05, 4.69) is 20.6 Å². The summed E-state index contributed by atoms with van der Waals surface area (Å²) < 4.78 is 5.96. The third-order valence-electron chi connectivity index (χ3n) is 4.30. The molecular formula is C24H20N4O2. The van der Waals surface area contributed by atoms with Crippen LogP contribution in [0.4, 0.5) is 11.5 Å². The summed E-state index contributed by atoms with van der Waals surface area (Å²) in [6.07, 6.45) is 3.24. The number of hydrogen-bond donors (Lipinski definition) is 2. The Morgan fingerprint density at radius 1 is 0.833 bits per heavy atom. The number of benzene rings is 2. The highest BCUT2D eigenvalue weighted by molar-refractivity contribution is 5.94. The summed E-state index contributed by atoms with van der Waals surface area (Å²) in [5.41, 5.74) is 2.05. The summed E-state index contributed by atoms with van der Waals surface area (Å²) in [7, 11) is 0. The van der Waals surface area contributed by atoms with E-state index in [9.17, 15) is 4.79 Å². The molecule has 2 heterocycles. The van der Waals surface area contributed by atoms with E-state index >= 15 is 0 Å². The van der Waals surface area contributed by atoms with Crippen molar-refractivity contribution in [2.24, 2.45) is 0 Å². The van der Waals surface area contributed by atoms with E-state index in [0.717, 1.165) is 17.1 Å². The zero-order valence-corrected chi connectivity index (χ0v) is 16.2. The Balaban J connectivity index is 1.41. The number of amides is 1. The number of carbonyl (C=O) groups excluding carboxylic acids is 1. The molecule has 4 rings (SSSR count). The minimum absolute atomic E-state index is 0.201. The fourth-order valence-electron chi connectivity index (χ4n) is 2.79. The van der Waals surface area contributed by atoms with Crippen LogP contribution in [0, 0.1) is 0 Å². The van der Waals surface area contributed by atoms with E-state index in [0.29, 0.717) is 23.7 Å². The van der Waals surface area contributed by atoms with Gasteiger partial charge in [-0.05, 0) is 48.5 Å². The fourth-order valence-corrected chi connectivity index (χ4v) is 2.79. The maximum atomic E-state index is 12.3. The van der Waals surface area contributed by atoms with Gasteiger partial charge >= 0.3 is 0 Å². The molecule has 2 N–H and O–H groups in total. The lowest BCUT2D eigenvalue weighted by atomic mass is 10.2. The van der Waals surface area contributed by atoms with Crippen molar-refractivity contribution in [2.75, 3.05) is 5.32 Å².